The Morgan fingerprint density at radius 2 is 2.15 bits per heavy atom. The summed E-state index contributed by atoms with van der Waals surface area (Å²) in [7, 11) is 1.62. The Hall–Kier alpha value is -2.56. The number of ether oxygens (including phenoxy) is 2. The van der Waals surface area contributed by atoms with Crippen molar-refractivity contribution in [2.75, 3.05) is 13.7 Å². The van der Waals surface area contributed by atoms with Gasteiger partial charge in [0.25, 0.3) is 0 Å². The fraction of sp³-hybridized carbons (Fsp3) is 0.429. The molecule has 1 aromatic heterocycles. The molecule has 0 bridgehead atoms. The van der Waals surface area contributed by atoms with E-state index in [0.29, 0.717) is 24.3 Å². The van der Waals surface area contributed by atoms with Gasteiger partial charge in [0.1, 0.15) is 5.75 Å². The zero-order valence-electron chi connectivity index (χ0n) is 14.8. The first-order valence-electron chi connectivity index (χ1n) is 9.26. The van der Waals surface area contributed by atoms with Gasteiger partial charge in [0.15, 0.2) is 0 Å². The van der Waals surface area contributed by atoms with E-state index in [4.69, 9.17) is 9.47 Å². The second-order valence-electron chi connectivity index (χ2n) is 7.58. The SMILES string of the molecule is COc1cc(C2(NC(=O)C3C4COc5ccccc5C43)CCC2)ccn1. The van der Waals surface area contributed by atoms with E-state index >= 15 is 0 Å². The zero-order valence-corrected chi connectivity index (χ0v) is 14.8. The topological polar surface area (TPSA) is 60.5 Å². The molecule has 26 heavy (non-hydrogen) atoms. The average Bonchev–Trinajstić information content (AvgIpc) is 3.40. The smallest absolute Gasteiger partial charge is 0.224 e. The van der Waals surface area contributed by atoms with Crippen LogP contribution in [0.25, 0.3) is 0 Å². The number of hydrogen-bond donors (Lipinski definition) is 1. The van der Waals surface area contributed by atoms with Crippen LogP contribution in [-0.4, -0.2) is 24.6 Å². The molecule has 1 aliphatic heterocycles. The van der Waals surface area contributed by atoms with Crippen LogP contribution in [0, 0.1) is 11.8 Å². The highest BCUT2D eigenvalue weighted by Gasteiger charge is 2.59. The van der Waals surface area contributed by atoms with Crippen LogP contribution in [0.15, 0.2) is 42.6 Å². The van der Waals surface area contributed by atoms with Gasteiger partial charge in [-0.2, -0.15) is 0 Å². The van der Waals surface area contributed by atoms with Crippen LogP contribution in [0.4, 0.5) is 0 Å². The minimum Gasteiger partial charge on any atom is -0.493 e. The quantitative estimate of drug-likeness (QED) is 0.921. The number of hydrogen-bond acceptors (Lipinski definition) is 4. The number of nitrogens with one attached hydrogen (secondary N) is 1. The van der Waals surface area contributed by atoms with Crippen molar-refractivity contribution in [3.05, 3.63) is 53.7 Å². The molecular formula is C21H22N2O3. The third kappa shape index (κ3) is 2.30. The lowest BCUT2D eigenvalue weighted by Crippen LogP contribution is -2.51. The molecule has 3 atom stereocenters. The van der Waals surface area contributed by atoms with Gasteiger partial charge in [0, 0.05) is 24.1 Å². The molecule has 5 rings (SSSR count). The fourth-order valence-electron chi connectivity index (χ4n) is 4.59. The van der Waals surface area contributed by atoms with Gasteiger partial charge in [-0.05, 0) is 42.5 Å². The molecule has 0 spiro atoms. The van der Waals surface area contributed by atoms with Crippen molar-refractivity contribution in [3.8, 4) is 11.6 Å². The van der Waals surface area contributed by atoms with E-state index in [-0.39, 0.29) is 17.4 Å². The number of methoxy groups -OCH3 is 1. The number of rotatable bonds is 4. The van der Waals surface area contributed by atoms with Crippen molar-refractivity contribution in [2.45, 2.75) is 30.7 Å². The minimum absolute atomic E-state index is 0.0138. The molecule has 5 heteroatoms. The van der Waals surface area contributed by atoms with Crippen molar-refractivity contribution >= 4 is 5.91 Å². The average molecular weight is 350 g/mol. The van der Waals surface area contributed by atoms with Crippen LogP contribution in [0.5, 0.6) is 11.6 Å². The number of benzene rings is 1. The summed E-state index contributed by atoms with van der Waals surface area (Å²) in [5.74, 6) is 2.28. The molecule has 2 heterocycles. The van der Waals surface area contributed by atoms with Gasteiger partial charge in [0.05, 0.1) is 25.2 Å². The first kappa shape index (κ1) is 15.7. The summed E-state index contributed by atoms with van der Waals surface area (Å²) in [5.41, 5.74) is 1.99. The molecule has 2 saturated carbocycles. The van der Waals surface area contributed by atoms with Crippen molar-refractivity contribution in [3.63, 3.8) is 0 Å². The normalized spacial score (nSPS) is 27.2. The molecule has 1 amide bonds. The van der Waals surface area contributed by atoms with E-state index in [1.807, 2.05) is 30.3 Å². The Balaban J connectivity index is 1.37. The summed E-state index contributed by atoms with van der Waals surface area (Å²) in [6, 6.07) is 12.0. The molecule has 134 valence electrons. The number of para-hydroxylation sites is 1. The second-order valence-corrected chi connectivity index (χ2v) is 7.58. The van der Waals surface area contributed by atoms with Crippen molar-refractivity contribution in [2.24, 2.45) is 11.8 Å². The number of fused-ring (bicyclic) bond motifs is 3. The van der Waals surface area contributed by atoms with Crippen molar-refractivity contribution in [1.82, 2.24) is 10.3 Å². The van der Waals surface area contributed by atoms with Crippen LogP contribution in [0.1, 0.15) is 36.3 Å². The van der Waals surface area contributed by atoms with Gasteiger partial charge in [-0.3, -0.25) is 4.79 Å². The number of pyridine rings is 1. The maximum absolute atomic E-state index is 13.1. The Kier molecular flexibility index (Phi) is 3.45. The molecule has 1 aromatic carbocycles. The molecule has 2 fully saturated rings. The number of aromatic nitrogens is 1. The second kappa shape index (κ2) is 5.73. The van der Waals surface area contributed by atoms with Crippen LogP contribution >= 0.6 is 0 Å². The van der Waals surface area contributed by atoms with E-state index in [1.54, 1.807) is 13.3 Å². The lowest BCUT2D eigenvalue weighted by Gasteiger charge is -2.43. The van der Waals surface area contributed by atoms with Crippen LogP contribution in [-0.2, 0) is 10.3 Å². The molecule has 0 saturated heterocycles. The summed E-state index contributed by atoms with van der Waals surface area (Å²) in [4.78, 5) is 17.3. The first-order chi connectivity index (χ1) is 12.7. The Bertz CT molecular complexity index is 862. The van der Waals surface area contributed by atoms with Crippen LogP contribution < -0.4 is 14.8 Å². The number of nitrogens with zero attached hydrogens (tertiary/aromatic N) is 1. The van der Waals surface area contributed by atoms with Gasteiger partial charge in [-0.25, -0.2) is 4.98 Å². The third-order valence-electron chi connectivity index (χ3n) is 6.25. The van der Waals surface area contributed by atoms with Gasteiger partial charge < -0.3 is 14.8 Å². The molecule has 3 unspecified atom stereocenters. The highest BCUT2D eigenvalue weighted by atomic mass is 16.5. The largest absolute Gasteiger partial charge is 0.493 e. The van der Waals surface area contributed by atoms with E-state index < -0.39 is 0 Å². The monoisotopic (exact) mass is 350 g/mol. The van der Waals surface area contributed by atoms with E-state index in [0.717, 1.165) is 30.6 Å². The molecular weight excluding hydrogens is 328 g/mol. The Labute approximate surface area is 152 Å². The van der Waals surface area contributed by atoms with Gasteiger partial charge in [-0.15, -0.1) is 0 Å². The van der Waals surface area contributed by atoms with Crippen LogP contribution in [0.2, 0.25) is 0 Å². The maximum Gasteiger partial charge on any atom is 0.224 e. The lowest BCUT2D eigenvalue weighted by molar-refractivity contribution is -0.126. The maximum atomic E-state index is 13.1. The summed E-state index contributed by atoms with van der Waals surface area (Å²) in [6.45, 7) is 0.635. The molecule has 1 N–H and O–H groups in total. The van der Waals surface area contributed by atoms with Gasteiger partial charge in [0.2, 0.25) is 11.8 Å². The summed E-state index contributed by atoms with van der Waals surface area (Å²) < 4.78 is 11.1. The summed E-state index contributed by atoms with van der Waals surface area (Å²) in [6.07, 6.45) is 4.79. The predicted molar refractivity (Wildman–Crippen MR) is 96.1 cm³/mol. The van der Waals surface area contributed by atoms with E-state index in [9.17, 15) is 4.79 Å². The van der Waals surface area contributed by atoms with Crippen molar-refractivity contribution in [1.29, 1.82) is 0 Å². The number of carbonyl (C=O) groups is 1. The van der Waals surface area contributed by atoms with E-state index in [2.05, 4.69) is 16.4 Å². The standard InChI is InChI=1S/C21H22N2O3/c1-25-17-11-13(7-10-22-17)21(8-4-9-21)23-20(24)19-15-12-26-16-6-3-2-5-14(16)18(15)19/h2-3,5-7,10-11,15,18-19H,4,8-9,12H2,1H3,(H,23,24). The zero-order chi connectivity index (χ0) is 17.7. The number of carbonyl (C=O) groups excluding carboxylic acids is 1. The van der Waals surface area contributed by atoms with Crippen molar-refractivity contribution < 1.29 is 14.3 Å². The summed E-state index contributed by atoms with van der Waals surface area (Å²) in [5, 5.41) is 3.37. The molecule has 5 nitrogen and oxygen atoms in total. The molecule has 2 aliphatic carbocycles. The third-order valence-corrected chi connectivity index (χ3v) is 6.25. The highest BCUT2D eigenvalue weighted by molar-refractivity contribution is 5.85. The molecule has 3 aliphatic rings. The van der Waals surface area contributed by atoms with Gasteiger partial charge >= 0.3 is 0 Å². The Morgan fingerprint density at radius 1 is 1.31 bits per heavy atom. The minimum atomic E-state index is -0.278. The number of amides is 1. The lowest BCUT2D eigenvalue weighted by atomic mass is 9.72. The van der Waals surface area contributed by atoms with E-state index in [1.165, 1.54) is 5.56 Å². The van der Waals surface area contributed by atoms with Crippen LogP contribution in [0.3, 0.4) is 0 Å². The highest BCUT2D eigenvalue weighted by Crippen LogP contribution is 2.59. The summed E-state index contributed by atoms with van der Waals surface area (Å²) >= 11 is 0. The molecule has 0 radical (unpaired) electrons. The molecule has 2 aromatic rings. The fourth-order valence-corrected chi connectivity index (χ4v) is 4.59. The predicted octanol–water partition coefficient (Wildman–Crippen LogP) is 3.01. The Morgan fingerprint density at radius 3 is 2.92 bits per heavy atom. The first-order valence-corrected chi connectivity index (χ1v) is 9.26. The van der Waals surface area contributed by atoms with Gasteiger partial charge in [-0.1, -0.05) is 18.2 Å².